The van der Waals surface area contributed by atoms with Crippen LogP contribution in [-0.2, 0) is 16.1 Å². The molecule has 2 aromatic heterocycles. The van der Waals surface area contributed by atoms with Crippen LogP contribution in [0.15, 0.2) is 47.1 Å². The molecule has 142 valence electrons. The van der Waals surface area contributed by atoms with Crippen LogP contribution in [0.4, 0.5) is 5.82 Å². The number of aromatic nitrogens is 2. The fourth-order valence-electron chi connectivity index (χ4n) is 3.14. The van der Waals surface area contributed by atoms with E-state index >= 15 is 0 Å². The van der Waals surface area contributed by atoms with Crippen molar-refractivity contribution in [1.29, 1.82) is 5.26 Å². The largest absolute Gasteiger partial charge is 0.467 e. The van der Waals surface area contributed by atoms with Crippen molar-refractivity contribution in [2.75, 3.05) is 31.2 Å². The number of nitriles is 1. The van der Waals surface area contributed by atoms with Gasteiger partial charge in [-0.15, -0.1) is 0 Å². The average Bonchev–Trinajstić information content (AvgIpc) is 3.26. The van der Waals surface area contributed by atoms with Gasteiger partial charge in [-0.3, -0.25) is 4.79 Å². The highest BCUT2D eigenvalue weighted by Crippen LogP contribution is 2.28. The van der Waals surface area contributed by atoms with E-state index in [-0.39, 0.29) is 6.54 Å². The third-order valence-corrected chi connectivity index (χ3v) is 4.57. The van der Waals surface area contributed by atoms with Crippen molar-refractivity contribution in [3.63, 3.8) is 0 Å². The van der Waals surface area contributed by atoms with E-state index in [4.69, 9.17) is 14.1 Å². The van der Waals surface area contributed by atoms with Crippen LogP contribution >= 0.6 is 0 Å². The number of carbonyl (C=O) groups excluding carboxylic acids is 1. The lowest BCUT2D eigenvalue weighted by molar-refractivity contribution is -0.121. The average molecular weight is 377 g/mol. The molecule has 3 heterocycles. The molecule has 1 fully saturated rings. The number of nitrogens with one attached hydrogen (secondary N) is 1. The zero-order chi connectivity index (χ0) is 19.3. The van der Waals surface area contributed by atoms with E-state index in [1.54, 1.807) is 12.1 Å². The van der Waals surface area contributed by atoms with Crippen LogP contribution in [0.1, 0.15) is 17.4 Å². The molecule has 0 saturated carbocycles. The number of furan rings is 1. The van der Waals surface area contributed by atoms with Gasteiger partial charge in [0.15, 0.2) is 11.7 Å². The van der Waals surface area contributed by atoms with Crippen molar-refractivity contribution in [2.24, 2.45) is 0 Å². The molecule has 0 spiro atoms. The van der Waals surface area contributed by atoms with Crippen molar-refractivity contribution < 1.29 is 13.9 Å². The van der Waals surface area contributed by atoms with E-state index in [9.17, 15) is 10.1 Å². The Morgan fingerprint density at radius 1 is 1.18 bits per heavy atom. The van der Waals surface area contributed by atoms with Crippen LogP contribution in [0.2, 0.25) is 0 Å². The Kier molecular flexibility index (Phi) is 5.17. The van der Waals surface area contributed by atoms with Gasteiger partial charge in [-0.05, 0) is 24.3 Å². The molecule has 0 bridgehead atoms. The molecule has 3 aromatic rings. The second kappa shape index (κ2) is 8.06. The summed E-state index contributed by atoms with van der Waals surface area (Å²) in [5.41, 5.74) is 1.73. The molecule has 1 aliphatic rings. The number of hydrogen-bond donors (Lipinski definition) is 1. The molecule has 0 aliphatic carbocycles. The van der Waals surface area contributed by atoms with Crippen molar-refractivity contribution >= 4 is 22.8 Å². The Bertz CT molecular complexity index is 1010. The number of para-hydroxylation sites is 2. The standard InChI is InChI=1S/C20H19N5O3/c21-12-15(20(26)22-13-14-4-3-9-28-14)18-19(25-7-10-27-11-8-25)24-17-6-2-1-5-16(17)23-18/h1-6,9,15H,7-8,10-11,13H2,(H,22,26)/t15-/m0/s1. The summed E-state index contributed by atoms with van der Waals surface area (Å²) in [6.45, 7) is 2.60. The zero-order valence-electron chi connectivity index (χ0n) is 15.2. The molecule has 1 aliphatic heterocycles. The van der Waals surface area contributed by atoms with E-state index < -0.39 is 11.8 Å². The molecule has 1 amide bonds. The predicted molar refractivity (Wildman–Crippen MR) is 101 cm³/mol. The summed E-state index contributed by atoms with van der Waals surface area (Å²) in [4.78, 5) is 24.1. The quantitative estimate of drug-likeness (QED) is 0.725. The van der Waals surface area contributed by atoms with Gasteiger partial charge < -0.3 is 19.4 Å². The number of rotatable bonds is 5. The Balaban J connectivity index is 1.69. The summed E-state index contributed by atoms with van der Waals surface area (Å²) in [6.07, 6.45) is 1.54. The van der Waals surface area contributed by atoms with Gasteiger partial charge in [-0.2, -0.15) is 5.26 Å². The van der Waals surface area contributed by atoms with Gasteiger partial charge in [0.2, 0.25) is 5.91 Å². The molecule has 0 unspecified atom stereocenters. The molecule has 0 radical (unpaired) electrons. The Labute approximate surface area is 161 Å². The van der Waals surface area contributed by atoms with Gasteiger partial charge in [0.05, 0.1) is 43.1 Å². The normalized spacial score (nSPS) is 15.2. The maximum Gasteiger partial charge on any atom is 0.244 e. The number of hydrogen-bond acceptors (Lipinski definition) is 7. The minimum atomic E-state index is -1.08. The van der Waals surface area contributed by atoms with E-state index in [1.165, 1.54) is 6.26 Å². The Morgan fingerprint density at radius 2 is 1.93 bits per heavy atom. The van der Waals surface area contributed by atoms with Crippen LogP contribution < -0.4 is 10.2 Å². The number of carbonyl (C=O) groups is 1. The summed E-state index contributed by atoms with van der Waals surface area (Å²) >= 11 is 0. The molecule has 1 N–H and O–H groups in total. The lowest BCUT2D eigenvalue weighted by Crippen LogP contribution is -2.38. The lowest BCUT2D eigenvalue weighted by Gasteiger charge is -2.29. The fraction of sp³-hybridized carbons (Fsp3) is 0.300. The Hall–Kier alpha value is -3.44. The van der Waals surface area contributed by atoms with Crippen LogP contribution in [0.5, 0.6) is 0 Å². The molecular weight excluding hydrogens is 358 g/mol. The van der Waals surface area contributed by atoms with Gasteiger partial charge in [0.1, 0.15) is 11.5 Å². The summed E-state index contributed by atoms with van der Waals surface area (Å²) < 4.78 is 10.6. The summed E-state index contributed by atoms with van der Waals surface area (Å²) in [6, 6.07) is 13.0. The number of ether oxygens (including phenoxy) is 1. The van der Waals surface area contributed by atoms with Gasteiger partial charge in [0.25, 0.3) is 0 Å². The van der Waals surface area contributed by atoms with Crippen LogP contribution in [0.3, 0.4) is 0 Å². The molecule has 4 rings (SSSR count). The van der Waals surface area contributed by atoms with Crippen molar-refractivity contribution in [1.82, 2.24) is 15.3 Å². The maximum atomic E-state index is 12.8. The van der Waals surface area contributed by atoms with E-state index in [2.05, 4.69) is 16.4 Å². The molecule has 1 atom stereocenters. The van der Waals surface area contributed by atoms with Gasteiger partial charge in [0, 0.05) is 13.1 Å². The van der Waals surface area contributed by atoms with E-state index in [0.29, 0.717) is 49.1 Å². The second-order valence-corrected chi connectivity index (χ2v) is 6.38. The van der Waals surface area contributed by atoms with Crippen molar-refractivity contribution in [3.8, 4) is 6.07 Å². The first-order chi connectivity index (χ1) is 13.8. The van der Waals surface area contributed by atoms with Crippen LogP contribution in [-0.4, -0.2) is 42.2 Å². The third kappa shape index (κ3) is 3.66. The zero-order valence-corrected chi connectivity index (χ0v) is 15.2. The van der Waals surface area contributed by atoms with Crippen LogP contribution in [0, 0.1) is 11.3 Å². The summed E-state index contributed by atoms with van der Waals surface area (Å²) in [5.74, 6) is -0.340. The van der Waals surface area contributed by atoms with E-state index in [1.807, 2.05) is 29.2 Å². The highest BCUT2D eigenvalue weighted by atomic mass is 16.5. The van der Waals surface area contributed by atoms with Crippen molar-refractivity contribution in [3.05, 3.63) is 54.1 Å². The van der Waals surface area contributed by atoms with Gasteiger partial charge >= 0.3 is 0 Å². The Morgan fingerprint density at radius 3 is 2.61 bits per heavy atom. The number of benzene rings is 1. The molecule has 8 nitrogen and oxygen atoms in total. The summed E-state index contributed by atoms with van der Waals surface area (Å²) in [7, 11) is 0. The number of amides is 1. The van der Waals surface area contributed by atoms with E-state index in [0.717, 1.165) is 5.52 Å². The molecule has 8 heteroatoms. The first-order valence-corrected chi connectivity index (χ1v) is 9.05. The molecule has 1 aromatic carbocycles. The number of morpholine rings is 1. The number of anilines is 1. The monoisotopic (exact) mass is 377 g/mol. The smallest absolute Gasteiger partial charge is 0.244 e. The first-order valence-electron chi connectivity index (χ1n) is 9.05. The SMILES string of the molecule is N#C[C@H](C(=O)NCc1ccco1)c1nc2ccccc2nc1N1CCOCC1. The third-order valence-electron chi connectivity index (χ3n) is 4.57. The molecule has 1 saturated heterocycles. The number of nitrogens with zero attached hydrogens (tertiary/aromatic N) is 4. The highest BCUT2D eigenvalue weighted by Gasteiger charge is 2.29. The molecule has 28 heavy (non-hydrogen) atoms. The van der Waals surface area contributed by atoms with Crippen molar-refractivity contribution in [2.45, 2.75) is 12.5 Å². The molecular formula is C20H19N5O3. The topological polar surface area (TPSA) is 104 Å². The first kappa shape index (κ1) is 17.9. The maximum absolute atomic E-state index is 12.8. The highest BCUT2D eigenvalue weighted by molar-refractivity contribution is 5.88. The second-order valence-electron chi connectivity index (χ2n) is 6.38. The summed E-state index contributed by atoms with van der Waals surface area (Å²) in [5, 5.41) is 12.5. The predicted octanol–water partition coefficient (Wildman–Crippen LogP) is 1.98. The number of fused-ring (bicyclic) bond motifs is 1. The minimum Gasteiger partial charge on any atom is -0.467 e. The minimum absolute atomic E-state index is 0.206. The fourth-order valence-corrected chi connectivity index (χ4v) is 3.14. The van der Waals surface area contributed by atoms with Gasteiger partial charge in [-0.25, -0.2) is 9.97 Å². The lowest BCUT2D eigenvalue weighted by atomic mass is 10.0. The van der Waals surface area contributed by atoms with Crippen LogP contribution in [0.25, 0.3) is 11.0 Å². The van der Waals surface area contributed by atoms with Gasteiger partial charge in [-0.1, -0.05) is 12.1 Å².